The van der Waals surface area contributed by atoms with Crippen molar-refractivity contribution in [1.82, 2.24) is 30.6 Å². The third kappa shape index (κ3) is 15.8. The quantitative estimate of drug-likeness (QED) is 0.0793. The van der Waals surface area contributed by atoms with Gasteiger partial charge in [-0.3, -0.25) is 28.2 Å². The number of hydrogen-bond donors (Lipinski definition) is 4. The molecule has 2 fully saturated rings. The monoisotopic (exact) mass is 1020 g/mol. The second kappa shape index (κ2) is 23.6. The maximum absolute atomic E-state index is 15.4. The van der Waals surface area contributed by atoms with Crippen LogP contribution in [0.25, 0.3) is 0 Å². The lowest BCUT2D eigenvalue weighted by molar-refractivity contribution is -0.150. The van der Waals surface area contributed by atoms with Crippen LogP contribution < -0.4 is 29.9 Å². The molecular formula is C46H62F2N6O14P2. The molecule has 2 aromatic rings. The first-order chi connectivity index (χ1) is 32.8. The fourth-order valence-electron chi connectivity index (χ4n) is 7.19. The zero-order valence-electron chi connectivity index (χ0n) is 40.2. The van der Waals surface area contributed by atoms with Gasteiger partial charge < -0.3 is 48.4 Å². The number of nitrogens with zero attached hydrogens (tertiary/aromatic N) is 2. The van der Waals surface area contributed by atoms with Crippen LogP contribution in [0.3, 0.4) is 0 Å². The van der Waals surface area contributed by atoms with Gasteiger partial charge in [0.25, 0.3) is 11.8 Å². The van der Waals surface area contributed by atoms with Gasteiger partial charge in [-0.15, -0.1) is 0 Å². The molecule has 24 heteroatoms. The Morgan fingerprint density at radius 1 is 0.686 bits per heavy atom. The van der Waals surface area contributed by atoms with Gasteiger partial charge in [0.15, 0.2) is 23.8 Å². The molecule has 4 heterocycles. The van der Waals surface area contributed by atoms with Crippen LogP contribution in [0.4, 0.5) is 8.78 Å². The molecule has 2 saturated heterocycles. The number of benzene rings is 2. The molecule has 4 aliphatic rings. The van der Waals surface area contributed by atoms with E-state index in [2.05, 4.69) is 34.0 Å². The lowest BCUT2D eigenvalue weighted by Crippen LogP contribution is -2.48. The number of para-hydroxylation sites is 2. The summed E-state index contributed by atoms with van der Waals surface area (Å²) >= 11 is 0. The minimum absolute atomic E-state index is 0.0838. The van der Waals surface area contributed by atoms with Crippen molar-refractivity contribution in [2.45, 2.75) is 129 Å². The molecular weight excluding hydrogens is 960 g/mol. The molecule has 0 spiro atoms. The van der Waals surface area contributed by atoms with E-state index in [9.17, 15) is 28.3 Å². The van der Waals surface area contributed by atoms with Gasteiger partial charge >= 0.3 is 27.4 Å². The van der Waals surface area contributed by atoms with Crippen molar-refractivity contribution in [3.63, 3.8) is 0 Å². The summed E-state index contributed by atoms with van der Waals surface area (Å²) in [5, 5.41) is 10.2. The Morgan fingerprint density at radius 2 is 1.03 bits per heavy atom. The predicted molar refractivity (Wildman–Crippen MR) is 251 cm³/mol. The highest BCUT2D eigenvalue weighted by atomic mass is 31.2. The van der Waals surface area contributed by atoms with Gasteiger partial charge in [0.2, 0.25) is 0 Å². The topological polar surface area (TPSA) is 231 Å². The summed E-state index contributed by atoms with van der Waals surface area (Å²) in [4.78, 5) is 50.3. The van der Waals surface area contributed by atoms with Gasteiger partial charge in [-0.25, -0.2) is 17.9 Å². The van der Waals surface area contributed by atoms with E-state index in [0.29, 0.717) is 0 Å². The maximum Gasteiger partial charge on any atom is 0.459 e. The lowest BCUT2D eigenvalue weighted by Gasteiger charge is -2.35. The van der Waals surface area contributed by atoms with Gasteiger partial charge in [0.05, 0.1) is 37.6 Å². The Balaban J connectivity index is 0.000000261. The Labute approximate surface area is 406 Å². The SMILES string of the molecule is C=C1NC(=O)C=CN1[C@@H]1O[C@H](CO[P@@](=O)(N[C@H](C)C(=O)OC(C)C)Oc2ccccc2)C[C@@]1(C)F.C=C1NC(=O)C=CN1[C@@H]1O[C@H](CO[P@](=O)(N[C@H](C)C(=O)OC(C)C)Oc2ccccc2)C[C@@]1(C)F. The zero-order chi connectivity index (χ0) is 51.6. The van der Waals surface area contributed by atoms with Crippen molar-refractivity contribution in [2.75, 3.05) is 13.2 Å². The highest BCUT2D eigenvalue weighted by molar-refractivity contribution is 7.52. The van der Waals surface area contributed by atoms with Crippen LogP contribution in [-0.4, -0.2) is 107 Å². The minimum Gasteiger partial charge on any atom is -0.462 e. The molecule has 4 N–H and O–H groups in total. The van der Waals surface area contributed by atoms with E-state index >= 15 is 8.78 Å². The van der Waals surface area contributed by atoms with E-state index in [-0.39, 0.29) is 73.2 Å². The third-order valence-corrected chi connectivity index (χ3v) is 13.6. The van der Waals surface area contributed by atoms with Crippen LogP contribution in [0.15, 0.2) is 110 Å². The lowest BCUT2D eigenvalue weighted by atomic mass is 10.0. The summed E-state index contributed by atoms with van der Waals surface area (Å²) in [6.07, 6.45) is 0.558. The number of carbonyl (C=O) groups excluding carboxylic acids is 4. The van der Waals surface area contributed by atoms with Crippen LogP contribution >= 0.6 is 15.5 Å². The molecule has 2 amide bonds. The van der Waals surface area contributed by atoms with Crippen LogP contribution in [0.2, 0.25) is 0 Å². The highest BCUT2D eigenvalue weighted by Gasteiger charge is 2.52. The Hall–Kier alpha value is -5.44. The summed E-state index contributed by atoms with van der Waals surface area (Å²) in [6, 6.07) is 14.6. The van der Waals surface area contributed by atoms with Crippen molar-refractivity contribution in [1.29, 1.82) is 0 Å². The molecule has 0 bridgehead atoms. The first kappa shape index (κ1) is 55.5. The molecule has 0 radical (unpaired) electrons. The Morgan fingerprint density at radius 3 is 1.34 bits per heavy atom. The van der Waals surface area contributed by atoms with Crippen LogP contribution in [0.1, 0.15) is 68.2 Å². The molecule has 70 heavy (non-hydrogen) atoms. The molecule has 384 valence electrons. The van der Waals surface area contributed by atoms with Gasteiger partial charge in [-0.1, -0.05) is 49.6 Å². The fourth-order valence-corrected chi connectivity index (χ4v) is 10.2. The number of ether oxygens (including phenoxy) is 4. The van der Waals surface area contributed by atoms with Crippen LogP contribution in [0.5, 0.6) is 11.5 Å². The molecule has 20 nitrogen and oxygen atoms in total. The summed E-state index contributed by atoms with van der Waals surface area (Å²) in [6.45, 7) is 19.3. The zero-order valence-corrected chi connectivity index (χ0v) is 42.0. The number of halogens is 2. The average Bonchev–Trinajstić information content (AvgIpc) is 3.75. The van der Waals surface area contributed by atoms with E-state index in [0.717, 1.165) is 0 Å². The minimum atomic E-state index is -4.12. The molecule has 0 unspecified atom stereocenters. The van der Waals surface area contributed by atoms with E-state index in [4.69, 9.17) is 37.0 Å². The molecule has 4 aliphatic heterocycles. The van der Waals surface area contributed by atoms with Crippen molar-refractivity contribution in [2.24, 2.45) is 0 Å². The maximum atomic E-state index is 15.4. The summed E-state index contributed by atoms with van der Waals surface area (Å²) < 4.78 is 102. The smallest absolute Gasteiger partial charge is 0.459 e. The number of amides is 2. The first-order valence-electron chi connectivity index (χ1n) is 22.3. The molecule has 2 aromatic carbocycles. The third-order valence-electron chi connectivity index (χ3n) is 10.3. The molecule has 6 rings (SSSR count). The van der Waals surface area contributed by atoms with Crippen molar-refractivity contribution < 1.29 is 74.1 Å². The van der Waals surface area contributed by atoms with Crippen molar-refractivity contribution in [3.05, 3.63) is 110 Å². The van der Waals surface area contributed by atoms with Gasteiger partial charge in [-0.2, -0.15) is 10.2 Å². The van der Waals surface area contributed by atoms with Gasteiger partial charge in [0, 0.05) is 37.4 Å². The fraction of sp³-hybridized carbons (Fsp3) is 0.478. The van der Waals surface area contributed by atoms with E-state index < -0.39 is 75.5 Å². The summed E-state index contributed by atoms with van der Waals surface area (Å²) in [7, 11) is -8.23. The second-order valence-corrected chi connectivity index (χ2v) is 21.0. The van der Waals surface area contributed by atoms with Crippen molar-refractivity contribution in [3.8, 4) is 11.5 Å². The number of esters is 2. The molecule has 0 aromatic heterocycles. The average molecular weight is 1020 g/mol. The molecule has 0 aliphatic carbocycles. The molecule has 0 saturated carbocycles. The van der Waals surface area contributed by atoms with E-state index in [1.807, 2.05) is 0 Å². The van der Waals surface area contributed by atoms with E-state index in [1.54, 1.807) is 88.4 Å². The largest absolute Gasteiger partial charge is 0.462 e. The standard InChI is InChI=1S/2C23H31FN3O7P/c2*1-15(2)32-21(29)16(3)26-35(30,34-18-9-7-6-8-10-18)31-14-19-13-23(5,24)22(33-19)27-12-11-20(28)25-17(27)4/h2*6-12,15-16,19,22H,4,13-14H2,1-3,5H3,(H,25,28)(H,26,30)/t16-,19+,22-,23-,35+;16-,19+,22-,23-,35-/m11/s1. The number of nitrogens with one attached hydrogen (secondary N) is 4. The van der Waals surface area contributed by atoms with Gasteiger partial charge in [0.1, 0.15) is 35.2 Å². The predicted octanol–water partition coefficient (Wildman–Crippen LogP) is 6.76. The van der Waals surface area contributed by atoms with Crippen LogP contribution in [0, 0.1) is 0 Å². The Bertz CT molecular complexity index is 2200. The normalized spacial score (nSPS) is 26.9. The van der Waals surface area contributed by atoms with Crippen molar-refractivity contribution >= 4 is 39.2 Å². The molecule has 10 atom stereocenters. The summed E-state index contributed by atoms with van der Waals surface area (Å²) in [5.74, 6) is -1.18. The Kier molecular flexibility index (Phi) is 18.7. The number of hydrogen-bond acceptors (Lipinski definition) is 16. The van der Waals surface area contributed by atoms with E-state index in [1.165, 1.54) is 62.0 Å². The summed E-state index contributed by atoms with van der Waals surface area (Å²) in [5.41, 5.74) is -3.68. The number of rotatable bonds is 20. The number of alkyl halides is 2. The van der Waals surface area contributed by atoms with Gasteiger partial charge in [-0.05, 0) is 79.7 Å². The second-order valence-electron chi connectivity index (χ2n) is 17.6. The number of carbonyl (C=O) groups is 4. The first-order valence-corrected chi connectivity index (χ1v) is 25.4. The highest BCUT2D eigenvalue weighted by Crippen LogP contribution is 2.48. The van der Waals surface area contributed by atoms with Crippen LogP contribution in [-0.2, 0) is 56.3 Å².